The Morgan fingerprint density at radius 2 is 2.00 bits per heavy atom. The van der Waals surface area contributed by atoms with Crippen LogP contribution in [0.25, 0.3) is 0 Å². The van der Waals surface area contributed by atoms with Gasteiger partial charge in [-0.1, -0.05) is 0 Å². The van der Waals surface area contributed by atoms with E-state index in [1.165, 1.54) is 0 Å². The van der Waals surface area contributed by atoms with Crippen LogP contribution in [-0.2, 0) is 31.0 Å². The van der Waals surface area contributed by atoms with Gasteiger partial charge >= 0.3 is 6.16 Å². The van der Waals surface area contributed by atoms with Gasteiger partial charge in [0, 0.05) is 26.2 Å². The van der Waals surface area contributed by atoms with Gasteiger partial charge < -0.3 is 14.7 Å². The van der Waals surface area contributed by atoms with Crippen molar-refractivity contribution in [2.75, 3.05) is 0 Å². The standard InChI is InChI=1S/CH3NO3.Zr/c2-5-1(3)4;/h2H3;. The van der Waals surface area contributed by atoms with Crippen LogP contribution in [-0.4, -0.2) is 6.16 Å². The molecule has 4 nitrogen and oxygen atoms in total. The maximum absolute atomic E-state index is 8.97. The fourth-order valence-electron chi connectivity index (χ4n) is 0. The second-order valence-corrected chi connectivity index (χ2v) is 0.394. The second-order valence-electron chi connectivity index (χ2n) is 0.394. The molecule has 0 aliphatic rings. The van der Waals surface area contributed by atoms with E-state index in [2.05, 4.69) is 10.7 Å². The van der Waals surface area contributed by atoms with Crippen LogP contribution >= 0.6 is 0 Å². The molecule has 0 rings (SSSR count). The van der Waals surface area contributed by atoms with Crippen molar-refractivity contribution < 1.29 is 46.8 Å². The molecule has 6 heavy (non-hydrogen) atoms. The molecule has 0 aromatic heterocycles. The molecule has 0 fully saturated rings. The molecule has 0 aromatic carbocycles. The van der Waals surface area contributed by atoms with Crippen molar-refractivity contribution in [3.8, 4) is 0 Å². The van der Waals surface area contributed by atoms with Gasteiger partial charge in [-0.2, -0.15) is 0 Å². The normalized spacial score (nSPS) is 5.50. The molecule has 0 spiro atoms. The molecule has 0 heterocycles. The Balaban J connectivity index is 0. The SMILES string of the molecule is [NH3+]OC(=O)[O-].[Zr]. The first-order chi connectivity index (χ1) is 2.27. The van der Waals surface area contributed by atoms with Gasteiger partial charge in [0.05, 0.1) is 0 Å². The minimum Gasteiger partial charge on any atom is -0.422 e. The third-order valence-corrected chi connectivity index (χ3v) is 0.118. The number of carboxylic acid groups (broad SMARTS) is 1. The quantitative estimate of drug-likeness (QED) is 0.406. The fraction of sp³-hybridized carbons (Fsp3) is 0. The molecule has 0 unspecified atom stereocenters. The molecule has 0 bridgehead atoms. The van der Waals surface area contributed by atoms with Crippen molar-refractivity contribution in [1.82, 2.24) is 0 Å². The van der Waals surface area contributed by atoms with Gasteiger partial charge in [-0.3, -0.25) is 0 Å². The summed E-state index contributed by atoms with van der Waals surface area (Å²) in [4.78, 5) is 12.3. The summed E-state index contributed by atoms with van der Waals surface area (Å²) in [6, 6.07) is 0. The molecular formula is CH3NO3Zr. The van der Waals surface area contributed by atoms with Crippen LogP contribution in [0.4, 0.5) is 4.79 Å². The van der Waals surface area contributed by atoms with Crippen molar-refractivity contribution >= 4 is 6.16 Å². The molecule has 0 aliphatic carbocycles. The van der Waals surface area contributed by atoms with E-state index < -0.39 is 6.16 Å². The molecule has 0 saturated carbocycles. The third-order valence-electron chi connectivity index (χ3n) is 0.118. The minimum atomic E-state index is -1.61. The predicted octanol–water partition coefficient (Wildman–Crippen LogP) is -2.50. The maximum Gasteiger partial charge on any atom is 0.304 e. The van der Waals surface area contributed by atoms with Crippen LogP contribution < -0.4 is 11.0 Å². The first-order valence-electron chi connectivity index (χ1n) is 0.901. The summed E-state index contributed by atoms with van der Waals surface area (Å²) >= 11 is 0. The van der Waals surface area contributed by atoms with Gasteiger partial charge in [0.25, 0.3) is 0 Å². The molecule has 0 atom stereocenters. The van der Waals surface area contributed by atoms with Gasteiger partial charge in [-0.05, 0) is 0 Å². The van der Waals surface area contributed by atoms with Crippen molar-refractivity contribution in [3.05, 3.63) is 0 Å². The van der Waals surface area contributed by atoms with Crippen molar-refractivity contribution in [1.29, 1.82) is 0 Å². The van der Waals surface area contributed by atoms with E-state index in [1.807, 2.05) is 0 Å². The monoisotopic (exact) mass is 167 g/mol. The largest absolute Gasteiger partial charge is 0.422 e. The molecule has 0 radical (unpaired) electrons. The first kappa shape index (κ1) is 9.45. The Bertz CT molecular complexity index is 46.1. The van der Waals surface area contributed by atoms with E-state index in [9.17, 15) is 0 Å². The zero-order chi connectivity index (χ0) is 4.28. The second kappa shape index (κ2) is 5.11. The Kier molecular flexibility index (Phi) is 8.05. The van der Waals surface area contributed by atoms with Gasteiger partial charge in [-0.15, -0.1) is 0 Å². The van der Waals surface area contributed by atoms with Crippen molar-refractivity contribution in [3.63, 3.8) is 0 Å². The van der Waals surface area contributed by atoms with E-state index in [0.29, 0.717) is 0 Å². The number of carbonyl (C=O) groups excluding carboxylic acids is 1. The zero-order valence-corrected chi connectivity index (χ0v) is 5.39. The summed E-state index contributed by atoms with van der Waals surface area (Å²) in [5, 5.41) is 8.97. The van der Waals surface area contributed by atoms with E-state index in [-0.39, 0.29) is 26.2 Å². The van der Waals surface area contributed by atoms with Gasteiger partial charge in [0.15, 0.2) is 0 Å². The minimum absolute atomic E-state index is 0. The van der Waals surface area contributed by atoms with Crippen LogP contribution in [0.3, 0.4) is 0 Å². The molecular weight excluding hydrogens is 165 g/mol. The molecule has 0 aliphatic heterocycles. The Labute approximate surface area is 53.4 Å². The number of hydrogen-bond acceptors (Lipinski definition) is 3. The summed E-state index contributed by atoms with van der Waals surface area (Å²) in [7, 11) is 0. The van der Waals surface area contributed by atoms with Gasteiger partial charge in [0.2, 0.25) is 0 Å². The topological polar surface area (TPSA) is 77.0 Å². The Hall–Kier alpha value is 0.113. The first-order valence-corrected chi connectivity index (χ1v) is 0.901. The maximum atomic E-state index is 8.97. The van der Waals surface area contributed by atoms with Crippen molar-refractivity contribution in [2.24, 2.45) is 0 Å². The summed E-state index contributed by atoms with van der Waals surface area (Å²) < 4.78 is 0. The van der Waals surface area contributed by atoms with E-state index in [0.717, 1.165) is 0 Å². The van der Waals surface area contributed by atoms with Crippen molar-refractivity contribution in [2.45, 2.75) is 0 Å². The molecule has 34 valence electrons. The third kappa shape index (κ3) is 8.93. The van der Waals surface area contributed by atoms with E-state index >= 15 is 0 Å². The number of rotatable bonds is 0. The van der Waals surface area contributed by atoms with Gasteiger partial charge in [-0.25, -0.2) is 5.90 Å². The van der Waals surface area contributed by atoms with E-state index in [4.69, 9.17) is 9.90 Å². The smallest absolute Gasteiger partial charge is 0.304 e. The average molecular weight is 168 g/mol. The number of hydrogen-bond donors (Lipinski definition) is 1. The summed E-state index contributed by atoms with van der Waals surface area (Å²) in [6.45, 7) is 0. The summed E-state index contributed by atoms with van der Waals surface area (Å²) in [6.07, 6.45) is -1.61. The molecule has 0 amide bonds. The van der Waals surface area contributed by atoms with E-state index in [1.54, 1.807) is 0 Å². The molecule has 0 aromatic rings. The Morgan fingerprint density at radius 1 is 1.83 bits per heavy atom. The van der Waals surface area contributed by atoms with Gasteiger partial charge in [0.1, 0.15) is 0 Å². The van der Waals surface area contributed by atoms with Crippen LogP contribution in [0.15, 0.2) is 0 Å². The number of carbonyl (C=O) groups is 1. The van der Waals surface area contributed by atoms with Crippen LogP contribution in [0.2, 0.25) is 0 Å². The zero-order valence-electron chi connectivity index (χ0n) is 2.93. The Morgan fingerprint density at radius 3 is 2.00 bits per heavy atom. The predicted molar refractivity (Wildman–Crippen MR) is 9.37 cm³/mol. The van der Waals surface area contributed by atoms with Crippen LogP contribution in [0, 0.1) is 0 Å². The average Bonchev–Trinajstić information content (AvgIpc) is 1.38. The summed E-state index contributed by atoms with van der Waals surface area (Å²) in [5.74, 6) is 2.52. The number of quaternary nitrogens is 1. The fourth-order valence-corrected chi connectivity index (χ4v) is 0. The summed E-state index contributed by atoms with van der Waals surface area (Å²) in [5.41, 5.74) is 0. The molecule has 5 heteroatoms. The van der Waals surface area contributed by atoms with Crippen LogP contribution in [0.5, 0.6) is 0 Å². The van der Waals surface area contributed by atoms with Crippen LogP contribution in [0.1, 0.15) is 0 Å². The molecule has 0 saturated heterocycles. The molecule has 3 N–H and O–H groups in total.